The van der Waals surface area contributed by atoms with Crippen molar-refractivity contribution in [3.8, 4) is 0 Å². The molecule has 0 saturated carbocycles. The minimum atomic E-state index is -5.34. The first kappa shape index (κ1) is 45.7. The van der Waals surface area contributed by atoms with Gasteiger partial charge in [0.2, 0.25) is 5.91 Å². The fourth-order valence-electron chi connectivity index (χ4n) is 4.46. The molecule has 6 N–H and O–H groups in total. The number of unbranched alkanes of at least 4 members (excludes halogenated alkanes) is 1. The topological polar surface area (TPSA) is 208 Å². The maximum atomic E-state index is 12.3. The third-order valence-electron chi connectivity index (χ3n) is 7.33. The molecule has 0 aliphatic carbocycles. The van der Waals surface area contributed by atoms with Gasteiger partial charge in [-0.15, -0.1) is 0 Å². The number of carbonyl (C=O) groups is 1. The first-order valence-corrected chi connectivity index (χ1v) is 19.2. The summed E-state index contributed by atoms with van der Waals surface area (Å²) in [7, 11) is -10.4. The molecule has 47 heavy (non-hydrogen) atoms. The minimum absolute atomic E-state index is 0.244. The van der Waals surface area contributed by atoms with Crippen molar-refractivity contribution < 1.29 is 57.1 Å². The number of rotatable bonds is 18. The molecule has 1 saturated heterocycles. The molecule has 1 aliphatic rings. The Morgan fingerprint density at radius 1 is 0.851 bits per heavy atom. The lowest BCUT2D eigenvalue weighted by atomic mass is 9.97. The number of hydrogen-bond acceptors (Lipinski definition) is 12. The third-order valence-corrected chi connectivity index (χ3v) is 9.97. The van der Waals surface area contributed by atoms with E-state index in [0.717, 1.165) is 12.5 Å². The highest BCUT2D eigenvalue weighted by Crippen LogP contribution is 2.61. The molecular formula is C30H59N3O12P2. The maximum absolute atomic E-state index is 12.3. The smallest absolute Gasteiger partial charge is 0.394 e. The van der Waals surface area contributed by atoms with Gasteiger partial charge in [-0.2, -0.15) is 4.31 Å². The van der Waals surface area contributed by atoms with Gasteiger partial charge in [0.1, 0.15) is 24.4 Å². The zero-order chi connectivity index (χ0) is 36.0. The summed E-state index contributed by atoms with van der Waals surface area (Å²) in [6.45, 7) is 20.3. The second-order valence-electron chi connectivity index (χ2n) is 10.6. The van der Waals surface area contributed by atoms with Crippen LogP contribution in [0.25, 0.3) is 0 Å². The van der Waals surface area contributed by atoms with Crippen molar-refractivity contribution in [3.63, 3.8) is 0 Å². The number of nitrogens with zero attached hydrogens (tertiary/aromatic N) is 2. The van der Waals surface area contributed by atoms with E-state index < -0.39 is 58.8 Å². The number of aliphatic hydroxyl groups is 3. The van der Waals surface area contributed by atoms with Crippen molar-refractivity contribution in [2.24, 2.45) is 0 Å². The zero-order valence-electron chi connectivity index (χ0n) is 28.9. The Balaban J connectivity index is 0.00000126. The number of nitrogens with one attached hydrogen (secondary N) is 1. The van der Waals surface area contributed by atoms with Gasteiger partial charge in [-0.1, -0.05) is 71.9 Å². The predicted octanol–water partition coefficient (Wildman–Crippen LogP) is 2.90. The first-order chi connectivity index (χ1) is 22.1. The van der Waals surface area contributed by atoms with Crippen LogP contribution in [0.1, 0.15) is 66.9 Å². The van der Waals surface area contributed by atoms with E-state index in [4.69, 9.17) is 13.8 Å². The van der Waals surface area contributed by atoms with Gasteiger partial charge in [0.15, 0.2) is 6.29 Å². The normalized spacial score (nSPS) is 23.5. The summed E-state index contributed by atoms with van der Waals surface area (Å²) in [5.74, 6) is -0.703. The molecule has 17 heteroatoms. The van der Waals surface area contributed by atoms with Crippen molar-refractivity contribution in [3.05, 3.63) is 35.9 Å². The molecule has 1 aromatic rings. The van der Waals surface area contributed by atoms with Crippen LogP contribution in [-0.4, -0.2) is 124 Å². The van der Waals surface area contributed by atoms with Crippen LogP contribution in [0.5, 0.6) is 0 Å². The highest BCUT2D eigenvalue weighted by molar-refractivity contribution is 7.61. The molecule has 1 aromatic carbocycles. The molecule has 0 spiro atoms. The third kappa shape index (κ3) is 19.5. The molecule has 1 amide bonds. The molecule has 1 heterocycles. The molecule has 7 atom stereocenters. The molecule has 0 aromatic heterocycles. The Labute approximate surface area is 280 Å². The Kier molecular flexibility index (Phi) is 24.1. The summed E-state index contributed by atoms with van der Waals surface area (Å²) in [6.07, 6.45) is -5.08. The summed E-state index contributed by atoms with van der Waals surface area (Å²) in [5.41, 5.74) is 1.07. The van der Waals surface area contributed by atoms with Crippen molar-refractivity contribution in [1.82, 2.24) is 15.1 Å². The molecule has 276 valence electrons. The number of amides is 1. The Morgan fingerprint density at radius 3 is 1.79 bits per heavy atom. The van der Waals surface area contributed by atoms with E-state index in [-0.39, 0.29) is 6.61 Å². The van der Waals surface area contributed by atoms with Crippen LogP contribution < -0.4 is 5.32 Å². The number of hydrogen-bond donors (Lipinski definition) is 6. The summed E-state index contributed by atoms with van der Waals surface area (Å²) >= 11 is 0. The second kappa shape index (κ2) is 24.8. The average Bonchev–Trinajstić information content (AvgIpc) is 3.02. The van der Waals surface area contributed by atoms with E-state index in [1.54, 1.807) is 0 Å². The molecular weight excluding hydrogens is 656 g/mol. The van der Waals surface area contributed by atoms with Gasteiger partial charge in [-0.05, 0) is 64.1 Å². The van der Waals surface area contributed by atoms with Gasteiger partial charge in [-0.25, -0.2) is 9.13 Å². The van der Waals surface area contributed by atoms with Gasteiger partial charge in [-0.3, -0.25) is 13.8 Å². The quantitative estimate of drug-likeness (QED) is 0.0955. The number of aryl methyl sites for hydroxylation is 1. The number of benzene rings is 1. The van der Waals surface area contributed by atoms with E-state index in [1.165, 1.54) is 39.3 Å². The maximum Gasteiger partial charge on any atom is 0.483 e. The lowest BCUT2D eigenvalue weighted by Crippen LogP contribution is -2.64. The molecule has 15 nitrogen and oxygen atoms in total. The van der Waals surface area contributed by atoms with E-state index in [9.17, 15) is 39.0 Å². The van der Waals surface area contributed by atoms with Crippen molar-refractivity contribution in [2.75, 3.05) is 52.5 Å². The zero-order valence-corrected chi connectivity index (χ0v) is 30.7. The standard InChI is InChI=1S/C18H29NO12P2.2C6H15N/c1-12(21)19-15-17(23)16(22)14(11-20)29-18(15)30-33(26,27)31-32(24,25)28-10-6-5-9-13-7-3-2-4-8-13;2*1-4-7(5-2)6-3/h2-4,7-8,14-18,20,22-23H,5-6,9-11H2,1H3,(H,19,21)(H,24,25)(H,26,27);2*4-6H2,1-3H3/t14-,15-,16-,17-,18-;;/m1../s1. The van der Waals surface area contributed by atoms with Crippen molar-refractivity contribution in [1.29, 1.82) is 0 Å². The predicted molar refractivity (Wildman–Crippen MR) is 179 cm³/mol. The van der Waals surface area contributed by atoms with Crippen LogP contribution in [0, 0.1) is 0 Å². The monoisotopic (exact) mass is 715 g/mol. The fourth-order valence-corrected chi connectivity index (χ4v) is 6.65. The van der Waals surface area contributed by atoms with E-state index in [0.29, 0.717) is 19.3 Å². The average molecular weight is 716 g/mol. The van der Waals surface area contributed by atoms with E-state index >= 15 is 0 Å². The number of aliphatic hydroxyl groups excluding tert-OH is 3. The molecule has 0 bridgehead atoms. The van der Waals surface area contributed by atoms with Gasteiger partial charge < -0.3 is 45.0 Å². The number of carbonyl (C=O) groups excluding carboxylic acids is 1. The summed E-state index contributed by atoms with van der Waals surface area (Å²) in [5, 5.41) is 31.5. The van der Waals surface area contributed by atoms with Crippen LogP contribution in [0.4, 0.5) is 0 Å². The minimum Gasteiger partial charge on any atom is -0.394 e. The highest BCUT2D eigenvalue weighted by atomic mass is 31.3. The van der Waals surface area contributed by atoms with Crippen molar-refractivity contribution in [2.45, 2.75) is 98.4 Å². The van der Waals surface area contributed by atoms with Crippen LogP contribution in [0.2, 0.25) is 0 Å². The number of phosphoric ester groups is 2. The molecule has 2 rings (SSSR count). The summed E-state index contributed by atoms with van der Waals surface area (Å²) < 4.78 is 43.1. The number of ether oxygens (including phenoxy) is 1. The lowest BCUT2D eigenvalue weighted by Gasteiger charge is -2.42. The first-order valence-electron chi connectivity index (χ1n) is 16.2. The van der Waals surface area contributed by atoms with Gasteiger partial charge >= 0.3 is 15.6 Å². The van der Waals surface area contributed by atoms with Gasteiger partial charge in [0.05, 0.1) is 13.2 Å². The molecule has 1 aliphatic heterocycles. The van der Waals surface area contributed by atoms with Crippen LogP contribution in [0.3, 0.4) is 0 Å². The summed E-state index contributed by atoms with van der Waals surface area (Å²) in [4.78, 5) is 35.8. The molecule has 2 unspecified atom stereocenters. The van der Waals surface area contributed by atoms with Crippen molar-refractivity contribution >= 4 is 21.6 Å². The largest absolute Gasteiger partial charge is 0.483 e. The Morgan fingerprint density at radius 2 is 1.36 bits per heavy atom. The fraction of sp³-hybridized carbons (Fsp3) is 0.767. The lowest BCUT2D eigenvalue weighted by molar-refractivity contribution is -0.247. The van der Waals surface area contributed by atoms with Crippen LogP contribution in [0.15, 0.2) is 30.3 Å². The van der Waals surface area contributed by atoms with Gasteiger partial charge in [0, 0.05) is 6.92 Å². The highest BCUT2D eigenvalue weighted by Gasteiger charge is 2.49. The van der Waals surface area contributed by atoms with Crippen LogP contribution >= 0.6 is 15.6 Å². The van der Waals surface area contributed by atoms with Crippen LogP contribution in [-0.2, 0) is 38.4 Å². The molecule has 0 radical (unpaired) electrons. The number of phosphoric acid groups is 2. The summed E-state index contributed by atoms with van der Waals surface area (Å²) in [6, 6.07) is 7.95. The van der Waals surface area contributed by atoms with E-state index in [2.05, 4.69) is 61.0 Å². The van der Waals surface area contributed by atoms with Gasteiger partial charge in [0.25, 0.3) is 0 Å². The van der Waals surface area contributed by atoms with E-state index in [1.807, 2.05) is 30.3 Å². The SMILES string of the molecule is CC(=O)N[C@H]1[C@@H](OP(=O)(O)OP(=O)(O)OCCCCc2ccccc2)O[C@H](CO)[C@@H](O)[C@@H]1O.CCN(CC)CC.CCN(CC)CC. The molecule has 1 fully saturated rings. The second-order valence-corrected chi connectivity index (χ2v) is 13.6. The Bertz CT molecular complexity index is 1030. The Hall–Kier alpha value is -1.29.